The van der Waals surface area contributed by atoms with Crippen LogP contribution in [0.2, 0.25) is 5.02 Å². The Bertz CT molecular complexity index is 394. The largest absolute Gasteiger partial charge is 0.311 e. The Labute approximate surface area is 130 Å². The van der Waals surface area contributed by atoms with Crippen molar-refractivity contribution >= 4 is 27.5 Å². The second kappa shape index (κ2) is 8.25. The summed E-state index contributed by atoms with van der Waals surface area (Å²) >= 11 is 9.63. The lowest BCUT2D eigenvalue weighted by molar-refractivity contribution is 0.246. The summed E-state index contributed by atoms with van der Waals surface area (Å²) in [6, 6.07) is 6.59. The Morgan fingerprint density at radius 1 is 1.32 bits per heavy atom. The first-order valence-electron chi connectivity index (χ1n) is 6.71. The van der Waals surface area contributed by atoms with Crippen molar-refractivity contribution in [1.82, 2.24) is 10.2 Å². The van der Waals surface area contributed by atoms with Crippen molar-refractivity contribution in [3.63, 3.8) is 0 Å². The van der Waals surface area contributed by atoms with Crippen LogP contribution in [0.4, 0.5) is 0 Å². The molecule has 0 aromatic heterocycles. The highest BCUT2D eigenvalue weighted by Crippen LogP contribution is 2.21. The predicted molar refractivity (Wildman–Crippen MR) is 87.8 cm³/mol. The summed E-state index contributed by atoms with van der Waals surface area (Å²) in [6.07, 6.45) is 1.20. The molecule has 4 heteroatoms. The lowest BCUT2D eigenvalue weighted by Gasteiger charge is -2.26. The molecular weight excluding hydrogens is 324 g/mol. The first kappa shape index (κ1) is 17.0. The summed E-state index contributed by atoms with van der Waals surface area (Å²) in [7, 11) is 4.28. The summed E-state index contributed by atoms with van der Waals surface area (Å²) in [5, 5.41) is 4.32. The van der Waals surface area contributed by atoms with Crippen molar-refractivity contribution in [3.8, 4) is 0 Å². The quantitative estimate of drug-likeness (QED) is 0.796. The average molecular weight is 348 g/mol. The number of nitrogens with one attached hydrogen (secondary N) is 1. The lowest BCUT2D eigenvalue weighted by Crippen LogP contribution is -2.38. The Kier molecular flexibility index (Phi) is 7.37. The van der Waals surface area contributed by atoms with Gasteiger partial charge in [0.15, 0.2) is 0 Å². The molecule has 1 rings (SSSR count). The maximum absolute atomic E-state index is 6.21. The highest BCUT2D eigenvalue weighted by molar-refractivity contribution is 9.10. The molecule has 0 radical (unpaired) electrons. The minimum atomic E-state index is 0.564. The molecule has 1 atom stereocenters. The molecule has 0 fully saturated rings. The van der Waals surface area contributed by atoms with E-state index in [-0.39, 0.29) is 0 Å². The highest BCUT2D eigenvalue weighted by Gasteiger charge is 2.13. The minimum absolute atomic E-state index is 0.564. The van der Waals surface area contributed by atoms with E-state index >= 15 is 0 Å². The highest BCUT2D eigenvalue weighted by atomic mass is 79.9. The topological polar surface area (TPSA) is 15.3 Å². The Hall–Kier alpha value is -0.0900. The molecule has 0 amide bonds. The van der Waals surface area contributed by atoms with Crippen LogP contribution in [0.5, 0.6) is 0 Å². The van der Waals surface area contributed by atoms with E-state index in [1.54, 1.807) is 0 Å². The SMILES string of the molecule is CC(C)CC(CNCc1ccc(Br)cc1Cl)N(C)C. The fourth-order valence-electron chi connectivity index (χ4n) is 2.06. The van der Waals surface area contributed by atoms with Crippen molar-refractivity contribution < 1.29 is 0 Å². The average Bonchev–Trinajstić information content (AvgIpc) is 2.29. The van der Waals surface area contributed by atoms with Gasteiger partial charge in [0.1, 0.15) is 0 Å². The van der Waals surface area contributed by atoms with Crippen LogP contribution in [-0.4, -0.2) is 31.6 Å². The number of hydrogen-bond donors (Lipinski definition) is 1. The van der Waals surface area contributed by atoms with Crippen LogP contribution in [0.1, 0.15) is 25.8 Å². The minimum Gasteiger partial charge on any atom is -0.311 e. The molecule has 0 spiro atoms. The maximum atomic E-state index is 6.21. The van der Waals surface area contributed by atoms with Gasteiger partial charge in [-0.3, -0.25) is 0 Å². The first-order valence-corrected chi connectivity index (χ1v) is 7.88. The number of likely N-dealkylation sites (N-methyl/N-ethyl adjacent to an activating group) is 1. The third-order valence-electron chi connectivity index (χ3n) is 3.18. The van der Waals surface area contributed by atoms with E-state index in [2.05, 4.69) is 60.2 Å². The normalized spacial score (nSPS) is 13.3. The number of hydrogen-bond acceptors (Lipinski definition) is 2. The zero-order chi connectivity index (χ0) is 14.4. The van der Waals surface area contributed by atoms with Crippen LogP contribution < -0.4 is 5.32 Å². The maximum Gasteiger partial charge on any atom is 0.0462 e. The molecule has 0 aliphatic rings. The monoisotopic (exact) mass is 346 g/mol. The molecule has 2 nitrogen and oxygen atoms in total. The van der Waals surface area contributed by atoms with Crippen LogP contribution in [0.15, 0.2) is 22.7 Å². The van der Waals surface area contributed by atoms with E-state index in [0.29, 0.717) is 12.0 Å². The number of halogens is 2. The molecule has 0 saturated heterocycles. The third-order valence-corrected chi connectivity index (χ3v) is 4.03. The van der Waals surface area contributed by atoms with E-state index in [0.717, 1.165) is 28.1 Å². The second-order valence-corrected chi connectivity index (χ2v) is 6.94. The molecule has 1 aromatic carbocycles. The molecule has 19 heavy (non-hydrogen) atoms. The van der Waals surface area contributed by atoms with Gasteiger partial charge in [0.05, 0.1) is 0 Å². The predicted octanol–water partition coefficient (Wildman–Crippen LogP) is 4.17. The molecule has 0 aliphatic heterocycles. The van der Waals surface area contributed by atoms with Crippen molar-refractivity contribution in [2.24, 2.45) is 5.92 Å². The summed E-state index contributed by atoms with van der Waals surface area (Å²) in [6.45, 7) is 6.33. The molecule has 0 aliphatic carbocycles. The van der Waals surface area contributed by atoms with Crippen LogP contribution in [0, 0.1) is 5.92 Å². The van der Waals surface area contributed by atoms with Crippen molar-refractivity contribution in [2.75, 3.05) is 20.6 Å². The van der Waals surface area contributed by atoms with Gasteiger partial charge in [0.2, 0.25) is 0 Å². The standard InChI is InChI=1S/C15H24BrClN2/c1-11(2)7-14(19(3)4)10-18-9-12-5-6-13(16)8-15(12)17/h5-6,8,11,14,18H,7,9-10H2,1-4H3. The van der Waals surface area contributed by atoms with E-state index in [1.807, 2.05) is 12.1 Å². The second-order valence-electron chi connectivity index (χ2n) is 5.61. The third kappa shape index (κ3) is 6.26. The van der Waals surface area contributed by atoms with Crippen LogP contribution >= 0.6 is 27.5 Å². The van der Waals surface area contributed by atoms with Gasteiger partial charge in [-0.05, 0) is 44.1 Å². The van der Waals surface area contributed by atoms with E-state index in [9.17, 15) is 0 Å². The number of nitrogens with zero attached hydrogens (tertiary/aromatic N) is 1. The van der Waals surface area contributed by atoms with Gasteiger partial charge in [-0.2, -0.15) is 0 Å². The van der Waals surface area contributed by atoms with Crippen LogP contribution in [0.3, 0.4) is 0 Å². The number of benzene rings is 1. The van der Waals surface area contributed by atoms with Crippen molar-refractivity contribution in [2.45, 2.75) is 32.9 Å². The molecule has 1 aromatic rings. The van der Waals surface area contributed by atoms with Gasteiger partial charge in [0.25, 0.3) is 0 Å². The molecule has 1 N–H and O–H groups in total. The summed E-state index contributed by atoms with van der Waals surface area (Å²) in [4.78, 5) is 2.29. The van der Waals surface area contributed by atoms with Gasteiger partial charge in [-0.15, -0.1) is 0 Å². The van der Waals surface area contributed by atoms with E-state index < -0.39 is 0 Å². The molecule has 108 valence electrons. The van der Waals surface area contributed by atoms with Crippen molar-refractivity contribution in [3.05, 3.63) is 33.3 Å². The van der Waals surface area contributed by atoms with Gasteiger partial charge in [0, 0.05) is 28.6 Å². The molecule has 0 bridgehead atoms. The van der Waals surface area contributed by atoms with E-state index in [1.165, 1.54) is 6.42 Å². The first-order chi connectivity index (χ1) is 8.90. The fraction of sp³-hybridized carbons (Fsp3) is 0.600. The fourth-order valence-corrected chi connectivity index (χ4v) is 2.80. The smallest absolute Gasteiger partial charge is 0.0462 e. The van der Waals surface area contributed by atoms with Gasteiger partial charge in [-0.25, -0.2) is 0 Å². The molecule has 0 saturated carbocycles. The van der Waals surface area contributed by atoms with Gasteiger partial charge >= 0.3 is 0 Å². The molecular formula is C15H24BrClN2. The zero-order valence-corrected chi connectivity index (χ0v) is 14.6. The summed E-state index contributed by atoms with van der Waals surface area (Å²) in [5.41, 5.74) is 1.15. The lowest BCUT2D eigenvalue weighted by atomic mass is 10.0. The van der Waals surface area contributed by atoms with Crippen LogP contribution in [-0.2, 0) is 6.54 Å². The Morgan fingerprint density at radius 2 is 2.00 bits per heavy atom. The number of rotatable bonds is 7. The Balaban J connectivity index is 2.47. The Morgan fingerprint density at radius 3 is 2.53 bits per heavy atom. The summed E-state index contributed by atoms with van der Waals surface area (Å²) < 4.78 is 1.02. The van der Waals surface area contributed by atoms with Gasteiger partial charge < -0.3 is 10.2 Å². The molecule has 0 heterocycles. The van der Waals surface area contributed by atoms with Crippen LogP contribution in [0.25, 0.3) is 0 Å². The van der Waals surface area contributed by atoms with E-state index in [4.69, 9.17) is 11.6 Å². The van der Waals surface area contributed by atoms with Gasteiger partial charge in [-0.1, -0.05) is 47.4 Å². The zero-order valence-electron chi connectivity index (χ0n) is 12.2. The van der Waals surface area contributed by atoms with Crippen molar-refractivity contribution in [1.29, 1.82) is 0 Å². The summed E-state index contributed by atoms with van der Waals surface area (Å²) in [5.74, 6) is 0.713. The molecule has 1 unspecified atom stereocenters.